The molecule has 0 saturated heterocycles. The first-order valence-corrected chi connectivity index (χ1v) is 5.07. The van der Waals surface area contributed by atoms with Gasteiger partial charge in [-0.2, -0.15) is 5.26 Å². The zero-order valence-electron chi connectivity index (χ0n) is 8.44. The minimum atomic E-state index is -1.48. The second-order valence-electron chi connectivity index (χ2n) is 4.22. The Labute approximate surface area is 87.2 Å². The van der Waals surface area contributed by atoms with Gasteiger partial charge in [0.25, 0.3) is 0 Å². The lowest BCUT2D eigenvalue weighted by Crippen LogP contribution is -2.48. The lowest BCUT2D eigenvalue weighted by molar-refractivity contribution is -0.145. The van der Waals surface area contributed by atoms with Crippen LogP contribution in [-0.2, 0) is 9.53 Å². The van der Waals surface area contributed by atoms with Gasteiger partial charge >= 0.3 is 5.97 Å². The molecule has 0 aliphatic heterocycles. The minimum absolute atomic E-state index is 0.0938. The highest BCUT2D eigenvalue weighted by molar-refractivity contribution is 5.78. The molecule has 0 aromatic heterocycles. The zero-order chi connectivity index (χ0) is 11.2. The van der Waals surface area contributed by atoms with Crippen molar-refractivity contribution in [2.24, 2.45) is 23.5 Å². The van der Waals surface area contributed by atoms with Gasteiger partial charge in [-0.3, -0.25) is 4.79 Å². The Hall–Kier alpha value is -1.15. The van der Waals surface area contributed by atoms with Gasteiger partial charge in [-0.05, 0) is 19.3 Å². The highest BCUT2D eigenvalue weighted by Crippen LogP contribution is 2.62. The summed E-state index contributed by atoms with van der Waals surface area (Å²) in [6, 6.07) is 1.80. The lowest BCUT2D eigenvalue weighted by atomic mass is 9.91. The molecule has 82 valence electrons. The Morgan fingerprint density at radius 3 is 3.00 bits per heavy atom. The first-order valence-electron chi connectivity index (χ1n) is 5.07. The van der Waals surface area contributed by atoms with E-state index in [0.29, 0.717) is 6.61 Å². The van der Waals surface area contributed by atoms with Gasteiger partial charge in [0.15, 0.2) is 0 Å². The van der Waals surface area contributed by atoms with E-state index >= 15 is 0 Å². The van der Waals surface area contributed by atoms with Gasteiger partial charge < -0.3 is 10.5 Å². The number of halogens is 1. The van der Waals surface area contributed by atoms with Crippen molar-refractivity contribution >= 4 is 5.97 Å². The summed E-state index contributed by atoms with van der Waals surface area (Å²) in [6.07, 6.45) is -1.11. The molecule has 0 heterocycles. The van der Waals surface area contributed by atoms with E-state index in [-0.39, 0.29) is 30.1 Å². The largest absolute Gasteiger partial charge is 0.466 e. The number of hydrogen-bond donors (Lipinski definition) is 1. The molecule has 4 nitrogen and oxygen atoms in total. The molecule has 0 radical (unpaired) electrons. The van der Waals surface area contributed by atoms with Crippen LogP contribution in [0.25, 0.3) is 0 Å². The fourth-order valence-electron chi connectivity index (χ4n) is 2.67. The van der Waals surface area contributed by atoms with Gasteiger partial charge in [-0.1, -0.05) is 0 Å². The van der Waals surface area contributed by atoms with Crippen molar-refractivity contribution < 1.29 is 13.9 Å². The Bertz CT molecular complexity index is 341. The van der Waals surface area contributed by atoms with Crippen molar-refractivity contribution in [2.75, 3.05) is 6.61 Å². The molecule has 0 amide bonds. The van der Waals surface area contributed by atoms with Crippen LogP contribution in [0.4, 0.5) is 4.39 Å². The summed E-state index contributed by atoms with van der Waals surface area (Å²) in [5.74, 6) is -1.15. The first-order chi connectivity index (χ1) is 7.06. The number of fused-ring (bicyclic) bond motifs is 1. The summed E-state index contributed by atoms with van der Waals surface area (Å²) >= 11 is 0. The molecule has 0 spiro atoms. The molecule has 2 fully saturated rings. The topological polar surface area (TPSA) is 76.1 Å². The van der Waals surface area contributed by atoms with Crippen LogP contribution in [0.1, 0.15) is 13.3 Å². The molecule has 0 bridgehead atoms. The third-order valence-electron chi connectivity index (χ3n) is 3.47. The monoisotopic (exact) mass is 212 g/mol. The van der Waals surface area contributed by atoms with E-state index in [1.807, 2.05) is 0 Å². The molecule has 0 aromatic carbocycles. The van der Waals surface area contributed by atoms with E-state index in [4.69, 9.17) is 15.7 Å². The number of rotatable bonds is 2. The average Bonchev–Trinajstić information content (AvgIpc) is 2.85. The fraction of sp³-hybridized carbons (Fsp3) is 0.800. The van der Waals surface area contributed by atoms with Crippen molar-refractivity contribution in [3.05, 3.63) is 0 Å². The minimum Gasteiger partial charge on any atom is -0.466 e. The van der Waals surface area contributed by atoms with Gasteiger partial charge in [0.05, 0.1) is 18.6 Å². The van der Waals surface area contributed by atoms with Crippen molar-refractivity contribution in [3.63, 3.8) is 0 Å². The van der Waals surface area contributed by atoms with E-state index in [2.05, 4.69) is 0 Å². The Morgan fingerprint density at radius 1 is 1.80 bits per heavy atom. The first kappa shape index (κ1) is 10.4. The Morgan fingerprint density at radius 2 is 2.47 bits per heavy atom. The average molecular weight is 212 g/mol. The summed E-state index contributed by atoms with van der Waals surface area (Å²) in [7, 11) is 0. The molecule has 0 aromatic rings. The number of nitrogens with zero attached hydrogens (tertiary/aromatic N) is 1. The molecule has 2 N–H and O–H groups in total. The van der Waals surface area contributed by atoms with Gasteiger partial charge in [0.1, 0.15) is 11.7 Å². The molecule has 5 heteroatoms. The van der Waals surface area contributed by atoms with E-state index in [1.165, 1.54) is 0 Å². The standard InChI is InChI=1S/C10H13FN2O2/c1-2-15-9(14)7-5-3-6(11)10(13,4-12)8(5)7/h5-8H,2-3,13H2,1H3/t5-,6-,7-,8-,10-/m0/s1. The second kappa shape index (κ2) is 3.17. The number of esters is 1. The van der Waals surface area contributed by atoms with Crippen LogP contribution in [0.3, 0.4) is 0 Å². The van der Waals surface area contributed by atoms with E-state index < -0.39 is 11.7 Å². The van der Waals surface area contributed by atoms with Gasteiger partial charge in [0, 0.05) is 5.92 Å². The quantitative estimate of drug-likeness (QED) is 0.671. The van der Waals surface area contributed by atoms with Crippen LogP contribution < -0.4 is 5.73 Å². The number of carbonyl (C=O) groups excluding carboxylic acids is 1. The van der Waals surface area contributed by atoms with Crippen molar-refractivity contribution in [1.29, 1.82) is 5.26 Å². The molecule has 2 saturated carbocycles. The number of nitrogens with two attached hydrogens (primary N) is 1. The maximum atomic E-state index is 13.4. The summed E-state index contributed by atoms with van der Waals surface area (Å²) in [5.41, 5.74) is 4.18. The van der Waals surface area contributed by atoms with Crippen LogP contribution in [-0.4, -0.2) is 24.3 Å². The van der Waals surface area contributed by atoms with Crippen molar-refractivity contribution in [3.8, 4) is 6.07 Å². The van der Waals surface area contributed by atoms with Gasteiger partial charge in [-0.25, -0.2) is 4.39 Å². The predicted molar refractivity (Wildman–Crippen MR) is 49.1 cm³/mol. The summed E-state index contributed by atoms with van der Waals surface area (Å²) in [5, 5.41) is 8.86. The predicted octanol–water partition coefficient (Wildman–Crippen LogP) is 0.375. The highest BCUT2D eigenvalue weighted by Gasteiger charge is 2.72. The molecule has 15 heavy (non-hydrogen) atoms. The van der Waals surface area contributed by atoms with Crippen molar-refractivity contribution in [2.45, 2.75) is 25.1 Å². The Kier molecular flexibility index (Phi) is 2.19. The molecule has 2 aliphatic carbocycles. The zero-order valence-corrected chi connectivity index (χ0v) is 8.44. The highest BCUT2D eigenvalue weighted by atomic mass is 19.1. The maximum Gasteiger partial charge on any atom is 0.309 e. The van der Waals surface area contributed by atoms with Crippen molar-refractivity contribution in [1.82, 2.24) is 0 Å². The maximum absolute atomic E-state index is 13.4. The summed E-state index contributed by atoms with van der Waals surface area (Å²) in [6.45, 7) is 2.02. The smallest absolute Gasteiger partial charge is 0.309 e. The van der Waals surface area contributed by atoms with E-state index in [9.17, 15) is 9.18 Å². The third-order valence-corrected chi connectivity index (χ3v) is 3.47. The number of carbonyl (C=O) groups is 1. The molecular formula is C10H13FN2O2. The number of ether oxygens (including phenoxy) is 1. The van der Waals surface area contributed by atoms with Crippen LogP contribution >= 0.6 is 0 Å². The van der Waals surface area contributed by atoms with Crippen LogP contribution in [0.15, 0.2) is 0 Å². The fourth-order valence-corrected chi connectivity index (χ4v) is 2.67. The third kappa shape index (κ3) is 1.25. The number of alkyl halides is 1. The van der Waals surface area contributed by atoms with E-state index in [1.54, 1.807) is 13.0 Å². The van der Waals surface area contributed by atoms with Crippen LogP contribution in [0, 0.1) is 29.1 Å². The normalized spacial score (nSPS) is 46.8. The molecular weight excluding hydrogens is 199 g/mol. The lowest BCUT2D eigenvalue weighted by Gasteiger charge is -2.21. The van der Waals surface area contributed by atoms with Gasteiger partial charge in [0.2, 0.25) is 0 Å². The molecule has 2 rings (SSSR count). The Balaban J connectivity index is 2.10. The van der Waals surface area contributed by atoms with Gasteiger partial charge in [-0.15, -0.1) is 0 Å². The van der Waals surface area contributed by atoms with Crippen LogP contribution in [0.5, 0.6) is 0 Å². The SMILES string of the molecule is CCOC(=O)[C@H]1[C@@H]2C[C@H](F)[C@@](N)(C#N)[C@@H]21. The molecule has 2 aliphatic rings. The van der Waals surface area contributed by atoms with Crippen LogP contribution in [0.2, 0.25) is 0 Å². The van der Waals surface area contributed by atoms with E-state index in [0.717, 1.165) is 0 Å². The molecule has 0 unspecified atom stereocenters. The second-order valence-corrected chi connectivity index (χ2v) is 4.22. The number of nitriles is 1. The molecule has 5 atom stereocenters. The summed E-state index contributed by atoms with van der Waals surface area (Å²) < 4.78 is 18.2. The number of hydrogen-bond acceptors (Lipinski definition) is 4. The summed E-state index contributed by atoms with van der Waals surface area (Å²) in [4.78, 5) is 11.4.